The lowest BCUT2D eigenvalue weighted by Gasteiger charge is -2.11. The van der Waals surface area contributed by atoms with Crippen molar-refractivity contribution in [2.24, 2.45) is 5.92 Å². The number of hydrogen-bond acceptors (Lipinski definition) is 3. The highest BCUT2D eigenvalue weighted by atomic mass is 16.5. The van der Waals surface area contributed by atoms with Crippen molar-refractivity contribution in [1.29, 1.82) is 0 Å². The molecule has 16 heavy (non-hydrogen) atoms. The van der Waals surface area contributed by atoms with Crippen LogP contribution in [0.1, 0.15) is 13.3 Å². The second-order valence-electron chi connectivity index (χ2n) is 3.81. The van der Waals surface area contributed by atoms with Crippen molar-refractivity contribution < 1.29 is 14.6 Å². The second kappa shape index (κ2) is 6.00. The van der Waals surface area contributed by atoms with Crippen LogP contribution in [0.25, 0.3) is 0 Å². The first-order valence-electron chi connectivity index (χ1n) is 5.21. The van der Waals surface area contributed by atoms with Crippen LogP contribution in [-0.4, -0.2) is 24.7 Å². The number of hydrogen-bond donors (Lipinski definition) is 2. The Morgan fingerprint density at radius 2 is 2.06 bits per heavy atom. The fourth-order valence-electron chi connectivity index (χ4n) is 1.37. The van der Waals surface area contributed by atoms with E-state index in [-0.39, 0.29) is 12.3 Å². The number of anilines is 1. The number of nitrogens with one attached hydrogen (secondary N) is 1. The molecular weight excluding hydrogens is 206 g/mol. The summed E-state index contributed by atoms with van der Waals surface area (Å²) in [7, 11) is 1.62. The molecule has 0 saturated heterocycles. The number of carboxylic acid groups (broad SMARTS) is 1. The van der Waals surface area contributed by atoms with E-state index in [1.54, 1.807) is 7.11 Å². The average molecular weight is 223 g/mol. The zero-order chi connectivity index (χ0) is 12.0. The average Bonchev–Trinajstić information content (AvgIpc) is 2.26. The van der Waals surface area contributed by atoms with Crippen molar-refractivity contribution >= 4 is 11.7 Å². The van der Waals surface area contributed by atoms with Gasteiger partial charge in [-0.2, -0.15) is 0 Å². The molecule has 2 N–H and O–H groups in total. The Kier molecular flexibility index (Phi) is 4.64. The third kappa shape index (κ3) is 4.21. The molecule has 0 bridgehead atoms. The lowest BCUT2D eigenvalue weighted by atomic mass is 10.1. The molecule has 0 amide bonds. The van der Waals surface area contributed by atoms with E-state index in [1.165, 1.54) is 0 Å². The van der Waals surface area contributed by atoms with Crippen molar-refractivity contribution in [3.05, 3.63) is 24.3 Å². The Morgan fingerprint density at radius 3 is 2.56 bits per heavy atom. The standard InChI is InChI=1S/C12H17NO3/c1-9(7-12(14)15)8-13-10-3-5-11(16-2)6-4-10/h3-6,9,13H,7-8H2,1-2H3,(H,14,15). The number of methoxy groups -OCH3 is 1. The SMILES string of the molecule is COc1ccc(NCC(C)CC(=O)O)cc1. The van der Waals surface area contributed by atoms with Crippen LogP contribution in [0.3, 0.4) is 0 Å². The molecule has 1 aromatic rings. The molecular formula is C12H17NO3. The fraction of sp³-hybridized carbons (Fsp3) is 0.417. The predicted octanol–water partition coefficient (Wildman–Crippen LogP) is 2.22. The number of aliphatic carboxylic acids is 1. The Bertz CT molecular complexity index is 335. The highest BCUT2D eigenvalue weighted by Gasteiger charge is 2.06. The quantitative estimate of drug-likeness (QED) is 0.776. The molecule has 1 unspecified atom stereocenters. The van der Waals surface area contributed by atoms with Gasteiger partial charge in [0.1, 0.15) is 5.75 Å². The molecule has 0 heterocycles. The Morgan fingerprint density at radius 1 is 1.44 bits per heavy atom. The number of ether oxygens (including phenoxy) is 1. The topological polar surface area (TPSA) is 58.6 Å². The van der Waals surface area contributed by atoms with Crippen LogP contribution in [-0.2, 0) is 4.79 Å². The van der Waals surface area contributed by atoms with E-state index in [9.17, 15) is 4.79 Å². The van der Waals surface area contributed by atoms with Crippen molar-refractivity contribution in [3.63, 3.8) is 0 Å². The Balaban J connectivity index is 2.39. The molecule has 4 heteroatoms. The number of carbonyl (C=O) groups is 1. The monoisotopic (exact) mass is 223 g/mol. The molecule has 1 rings (SSSR count). The first-order chi connectivity index (χ1) is 7.61. The molecule has 4 nitrogen and oxygen atoms in total. The molecule has 1 atom stereocenters. The van der Waals surface area contributed by atoms with Gasteiger partial charge in [0.05, 0.1) is 7.11 Å². The molecule has 0 aromatic heterocycles. The van der Waals surface area contributed by atoms with Crippen LogP contribution < -0.4 is 10.1 Å². The van der Waals surface area contributed by atoms with Gasteiger partial charge in [-0.05, 0) is 30.2 Å². The van der Waals surface area contributed by atoms with Crippen LogP contribution in [0.4, 0.5) is 5.69 Å². The van der Waals surface area contributed by atoms with Crippen molar-refractivity contribution in [3.8, 4) is 5.75 Å². The molecule has 0 radical (unpaired) electrons. The summed E-state index contributed by atoms with van der Waals surface area (Å²) in [5, 5.41) is 11.8. The molecule has 0 fully saturated rings. The first kappa shape index (κ1) is 12.4. The zero-order valence-corrected chi connectivity index (χ0v) is 9.56. The van der Waals surface area contributed by atoms with Crippen LogP contribution in [0, 0.1) is 5.92 Å². The largest absolute Gasteiger partial charge is 0.497 e. The van der Waals surface area contributed by atoms with E-state index in [2.05, 4.69) is 5.32 Å². The fourth-order valence-corrected chi connectivity index (χ4v) is 1.37. The molecule has 1 aromatic carbocycles. The molecule has 0 spiro atoms. The smallest absolute Gasteiger partial charge is 0.303 e. The van der Waals surface area contributed by atoms with Crippen molar-refractivity contribution in [1.82, 2.24) is 0 Å². The van der Waals surface area contributed by atoms with Crippen molar-refractivity contribution in [2.75, 3.05) is 19.0 Å². The van der Waals surface area contributed by atoms with Gasteiger partial charge in [-0.3, -0.25) is 4.79 Å². The van der Waals surface area contributed by atoms with E-state index in [4.69, 9.17) is 9.84 Å². The predicted molar refractivity (Wildman–Crippen MR) is 62.9 cm³/mol. The number of benzene rings is 1. The van der Waals surface area contributed by atoms with Gasteiger partial charge in [0, 0.05) is 18.7 Å². The van der Waals surface area contributed by atoms with Crippen LogP contribution in [0.15, 0.2) is 24.3 Å². The second-order valence-corrected chi connectivity index (χ2v) is 3.81. The Hall–Kier alpha value is -1.71. The van der Waals surface area contributed by atoms with E-state index in [1.807, 2.05) is 31.2 Å². The van der Waals surface area contributed by atoms with Gasteiger partial charge < -0.3 is 15.2 Å². The molecule has 0 aliphatic carbocycles. The maximum atomic E-state index is 10.5. The molecule has 88 valence electrons. The highest BCUT2D eigenvalue weighted by molar-refractivity contribution is 5.67. The van der Waals surface area contributed by atoms with Gasteiger partial charge in [-0.15, -0.1) is 0 Å². The third-order valence-corrected chi connectivity index (χ3v) is 2.27. The van der Waals surface area contributed by atoms with E-state index >= 15 is 0 Å². The lowest BCUT2D eigenvalue weighted by Crippen LogP contribution is -2.14. The lowest BCUT2D eigenvalue weighted by molar-refractivity contribution is -0.137. The zero-order valence-electron chi connectivity index (χ0n) is 9.56. The molecule has 0 saturated carbocycles. The van der Waals surface area contributed by atoms with Gasteiger partial charge in [-0.1, -0.05) is 6.92 Å². The van der Waals surface area contributed by atoms with E-state index in [0.717, 1.165) is 11.4 Å². The number of carboxylic acids is 1. The van der Waals surface area contributed by atoms with Gasteiger partial charge >= 0.3 is 5.97 Å². The number of rotatable bonds is 6. The highest BCUT2D eigenvalue weighted by Crippen LogP contribution is 2.15. The minimum absolute atomic E-state index is 0.111. The molecule has 0 aliphatic rings. The molecule has 0 aliphatic heterocycles. The minimum Gasteiger partial charge on any atom is -0.497 e. The van der Waals surface area contributed by atoms with Gasteiger partial charge in [0.2, 0.25) is 0 Å². The van der Waals surface area contributed by atoms with Gasteiger partial charge in [0.15, 0.2) is 0 Å². The summed E-state index contributed by atoms with van der Waals surface area (Å²) in [4.78, 5) is 10.5. The summed E-state index contributed by atoms with van der Waals surface area (Å²) in [5.41, 5.74) is 0.970. The maximum absolute atomic E-state index is 10.5. The third-order valence-electron chi connectivity index (χ3n) is 2.27. The normalized spacial score (nSPS) is 11.9. The van der Waals surface area contributed by atoms with Crippen molar-refractivity contribution in [2.45, 2.75) is 13.3 Å². The summed E-state index contributed by atoms with van der Waals surface area (Å²) in [5.74, 6) is 0.160. The van der Waals surface area contributed by atoms with Gasteiger partial charge in [0.25, 0.3) is 0 Å². The summed E-state index contributed by atoms with van der Waals surface area (Å²) >= 11 is 0. The summed E-state index contributed by atoms with van der Waals surface area (Å²) in [6, 6.07) is 7.55. The van der Waals surface area contributed by atoms with E-state index in [0.29, 0.717) is 6.54 Å². The van der Waals surface area contributed by atoms with Gasteiger partial charge in [-0.25, -0.2) is 0 Å². The van der Waals surface area contributed by atoms with Crippen LogP contribution >= 0.6 is 0 Å². The summed E-state index contributed by atoms with van der Waals surface area (Å²) in [6.07, 6.45) is 0.184. The summed E-state index contributed by atoms with van der Waals surface area (Å²) in [6.45, 7) is 2.56. The maximum Gasteiger partial charge on any atom is 0.303 e. The van der Waals surface area contributed by atoms with Crippen LogP contribution in [0.2, 0.25) is 0 Å². The first-order valence-corrected chi connectivity index (χ1v) is 5.21. The summed E-state index contributed by atoms with van der Waals surface area (Å²) < 4.78 is 5.04. The minimum atomic E-state index is -0.760. The van der Waals surface area contributed by atoms with Crippen LogP contribution in [0.5, 0.6) is 5.75 Å². The van der Waals surface area contributed by atoms with E-state index < -0.39 is 5.97 Å². The Labute approximate surface area is 95.2 Å².